The van der Waals surface area contributed by atoms with Crippen LogP contribution >= 0.6 is 11.6 Å². The normalized spacial score (nSPS) is 18.6. The first kappa shape index (κ1) is 20.7. The molecule has 0 radical (unpaired) electrons. The second kappa shape index (κ2) is 8.85. The van der Waals surface area contributed by atoms with Gasteiger partial charge in [-0.25, -0.2) is 0 Å². The number of halogens is 2. The second-order valence-electron chi connectivity index (χ2n) is 7.42. The molecule has 1 aliphatic heterocycles. The van der Waals surface area contributed by atoms with Gasteiger partial charge in [0.1, 0.15) is 0 Å². The van der Waals surface area contributed by atoms with E-state index in [0.29, 0.717) is 12.1 Å². The summed E-state index contributed by atoms with van der Waals surface area (Å²) in [6.07, 6.45) is 0. The van der Waals surface area contributed by atoms with Crippen LogP contribution in [0.1, 0.15) is 31.0 Å². The van der Waals surface area contributed by atoms with Crippen molar-refractivity contribution in [3.8, 4) is 0 Å². The van der Waals surface area contributed by atoms with E-state index in [0.717, 1.165) is 18.1 Å². The standard InChI is InChI=1S/C21H28ClN2.HI/c1-17(2)24(3)15-13-23(14-16-24)21(18-7-5-4-6-8-18)19-9-11-20(22)12-10-19;/h4-12,17,21H,13-16H2,1-3H3;1H/q+1;/p-1. The molecule has 0 N–H and O–H groups in total. The van der Waals surface area contributed by atoms with Gasteiger partial charge in [-0.1, -0.05) is 54.1 Å². The van der Waals surface area contributed by atoms with Crippen molar-refractivity contribution in [2.45, 2.75) is 25.9 Å². The van der Waals surface area contributed by atoms with Crippen LogP contribution in [0.25, 0.3) is 0 Å². The van der Waals surface area contributed by atoms with Gasteiger partial charge in [-0.3, -0.25) is 4.90 Å². The molecule has 1 fully saturated rings. The highest BCUT2D eigenvalue weighted by atomic mass is 127. The van der Waals surface area contributed by atoms with Gasteiger partial charge in [0.2, 0.25) is 0 Å². The Hall–Kier alpha value is -0.620. The quantitative estimate of drug-likeness (QED) is 0.485. The van der Waals surface area contributed by atoms with Gasteiger partial charge < -0.3 is 28.5 Å². The molecule has 2 aromatic rings. The first-order valence-corrected chi connectivity index (χ1v) is 9.26. The van der Waals surface area contributed by atoms with Crippen LogP contribution in [0, 0.1) is 0 Å². The minimum atomic E-state index is 0. The predicted molar refractivity (Wildman–Crippen MR) is 102 cm³/mol. The second-order valence-corrected chi connectivity index (χ2v) is 7.86. The first-order valence-electron chi connectivity index (χ1n) is 8.88. The molecule has 0 aromatic heterocycles. The van der Waals surface area contributed by atoms with E-state index >= 15 is 0 Å². The number of rotatable bonds is 4. The Kier molecular flexibility index (Phi) is 7.32. The SMILES string of the molecule is CC(C)[N+]1(C)CCN(C(c2ccccc2)c2ccc(Cl)cc2)CC1.[I-]. The summed E-state index contributed by atoms with van der Waals surface area (Å²) in [6.45, 7) is 9.32. The van der Waals surface area contributed by atoms with E-state index in [-0.39, 0.29) is 24.0 Å². The van der Waals surface area contributed by atoms with Gasteiger partial charge in [0.05, 0.1) is 32.2 Å². The number of nitrogens with zero attached hydrogens (tertiary/aromatic N) is 2. The Morgan fingerprint density at radius 2 is 1.40 bits per heavy atom. The van der Waals surface area contributed by atoms with Gasteiger partial charge in [-0.15, -0.1) is 0 Å². The average Bonchev–Trinajstić information content (AvgIpc) is 2.59. The molecule has 2 nitrogen and oxygen atoms in total. The molecular formula is C21H28ClIN2. The van der Waals surface area contributed by atoms with E-state index in [1.807, 2.05) is 12.1 Å². The minimum Gasteiger partial charge on any atom is -1.00 e. The molecule has 1 heterocycles. The zero-order chi connectivity index (χ0) is 17.2. The van der Waals surface area contributed by atoms with Crippen LogP contribution in [0.2, 0.25) is 5.02 Å². The Labute approximate surface area is 174 Å². The largest absolute Gasteiger partial charge is 1.00 e. The number of quaternary nitrogens is 1. The third-order valence-electron chi connectivity index (χ3n) is 5.71. The number of likely N-dealkylation sites (N-methyl/N-ethyl adjacent to an activating group) is 1. The highest BCUT2D eigenvalue weighted by Crippen LogP contribution is 2.31. The maximum absolute atomic E-state index is 6.10. The van der Waals surface area contributed by atoms with Crippen LogP contribution < -0.4 is 24.0 Å². The zero-order valence-corrected chi connectivity index (χ0v) is 18.2. The molecule has 2 aromatic carbocycles. The molecule has 0 amide bonds. The van der Waals surface area contributed by atoms with E-state index in [1.165, 1.54) is 28.7 Å². The summed E-state index contributed by atoms with van der Waals surface area (Å²) >= 11 is 6.10. The highest BCUT2D eigenvalue weighted by Gasteiger charge is 2.34. The summed E-state index contributed by atoms with van der Waals surface area (Å²) in [6, 6.07) is 20.2. The van der Waals surface area contributed by atoms with Crippen LogP contribution in [-0.4, -0.2) is 48.7 Å². The van der Waals surface area contributed by atoms with Crippen LogP contribution in [-0.2, 0) is 0 Å². The summed E-state index contributed by atoms with van der Waals surface area (Å²) in [5.41, 5.74) is 2.69. The molecule has 1 atom stereocenters. The van der Waals surface area contributed by atoms with Gasteiger partial charge in [0.15, 0.2) is 0 Å². The molecule has 4 heteroatoms. The maximum atomic E-state index is 6.10. The molecular weight excluding hydrogens is 443 g/mol. The van der Waals surface area contributed by atoms with Crippen molar-refractivity contribution in [1.29, 1.82) is 0 Å². The topological polar surface area (TPSA) is 3.24 Å². The van der Waals surface area contributed by atoms with E-state index in [9.17, 15) is 0 Å². The fourth-order valence-corrected chi connectivity index (χ4v) is 3.73. The van der Waals surface area contributed by atoms with Crippen LogP contribution in [0.3, 0.4) is 0 Å². The van der Waals surface area contributed by atoms with E-state index in [1.54, 1.807) is 0 Å². The van der Waals surface area contributed by atoms with Crippen LogP contribution in [0.4, 0.5) is 0 Å². The van der Waals surface area contributed by atoms with E-state index < -0.39 is 0 Å². The summed E-state index contributed by atoms with van der Waals surface area (Å²) < 4.78 is 1.17. The summed E-state index contributed by atoms with van der Waals surface area (Å²) in [5.74, 6) is 0. The van der Waals surface area contributed by atoms with Crippen molar-refractivity contribution in [2.75, 3.05) is 33.2 Å². The van der Waals surface area contributed by atoms with Crippen molar-refractivity contribution in [2.24, 2.45) is 0 Å². The van der Waals surface area contributed by atoms with E-state index in [4.69, 9.17) is 11.6 Å². The van der Waals surface area contributed by atoms with Gasteiger partial charge in [-0.05, 0) is 37.1 Å². The molecule has 0 spiro atoms. The number of hydrogen-bond acceptors (Lipinski definition) is 1. The highest BCUT2D eigenvalue weighted by molar-refractivity contribution is 6.30. The Bertz CT molecular complexity index is 649. The lowest BCUT2D eigenvalue weighted by molar-refractivity contribution is -0.933. The first-order chi connectivity index (χ1) is 11.5. The Morgan fingerprint density at radius 1 is 0.880 bits per heavy atom. The predicted octanol–water partition coefficient (Wildman–Crippen LogP) is 1.60. The number of hydrogen-bond donors (Lipinski definition) is 0. The molecule has 0 aliphatic carbocycles. The lowest BCUT2D eigenvalue weighted by atomic mass is 9.96. The summed E-state index contributed by atoms with van der Waals surface area (Å²) in [5, 5.41) is 0.799. The van der Waals surface area contributed by atoms with Gasteiger partial charge in [0, 0.05) is 18.1 Å². The average molecular weight is 471 g/mol. The van der Waals surface area contributed by atoms with Crippen LogP contribution in [0.5, 0.6) is 0 Å². The molecule has 0 bridgehead atoms. The third kappa shape index (κ3) is 4.76. The van der Waals surface area contributed by atoms with Crippen LogP contribution in [0.15, 0.2) is 54.6 Å². The molecule has 136 valence electrons. The van der Waals surface area contributed by atoms with Crippen molar-refractivity contribution < 1.29 is 28.5 Å². The van der Waals surface area contributed by atoms with Gasteiger partial charge in [-0.2, -0.15) is 0 Å². The lowest BCUT2D eigenvalue weighted by Crippen LogP contribution is -3.00. The Balaban J connectivity index is 0.00000225. The fourth-order valence-electron chi connectivity index (χ4n) is 3.61. The van der Waals surface area contributed by atoms with Gasteiger partial charge >= 0.3 is 0 Å². The number of piperazine rings is 1. The van der Waals surface area contributed by atoms with Crippen molar-refractivity contribution in [3.05, 3.63) is 70.7 Å². The Morgan fingerprint density at radius 3 is 1.92 bits per heavy atom. The lowest BCUT2D eigenvalue weighted by Gasteiger charge is -2.47. The molecule has 25 heavy (non-hydrogen) atoms. The van der Waals surface area contributed by atoms with Crippen molar-refractivity contribution in [1.82, 2.24) is 4.90 Å². The van der Waals surface area contributed by atoms with Crippen molar-refractivity contribution in [3.63, 3.8) is 0 Å². The maximum Gasteiger partial charge on any atom is 0.0916 e. The van der Waals surface area contributed by atoms with E-state index in [2.05, 4.69) is 68.3 Å². The molecule has 1 unspecified atom stereocenters. The smallest absolute Gasteiger partial charge is 0.0916 e. The van der Waals surface area contributed by atoms with Crippen molar-refractivity contribution >= 4 is 11.6 Å². The fraction of sp³-hybridized carbons (Fsp3) is 0.429. The van der Waals surface area contributed by atoms with Gasteiger partial charge in [0.25, 0.3) is 0 Å². The monoisotopic (exact) mass is 470 g/mol. The number of benzene rings is 2. The molecule has 1 aliphatic rings. The molecule has 0 saturated carbocycles. The zero-order valence-electron chi connectivity index (χ0n) is 15.3. The minimum absolute atomic E-state index is 0. The summed E-state index contributed by atoms with van der Waals surface area (Å²) in [7, 11) is 2.39. The third-order valence-corrected chi connectivity index (χ3v) is 5.96. The molecule has 1 saturated heterocycles. The molecule has 3 rings (SSSR count). The summed E-state index contributed by atoms with van der Waals surface area (Å²) in [4.78, 5) is 2.63.